The Morgan fingerprint density at radius 1 is 0.944 bits per heavy atom. The van der Waals surface area contributed by atoms with Crippen molar-refractivity contribution < 1.29 is 13.2 Å². The number of hydrogen-bond acceptors (Lipinski definition) is 5. The molecule has 2 fully saturated rings. The third-order valence-corrected chi connectivity index (χ3v) is 9.00. The Bertz CT molecular complexity index is 1080. The summed E-state index contributed by atoms with van der Waals surface area (Å²) >= 11 is 6.12. The third kappa shape index (κ3) is 7.68. The molecule has 196 valence electrons. The molecule has 7 nitrogen and oxygen atoms in total. The van der Waals surface area contributed by atoms with Gasteiger partial charge >= 0.3 is 0 Å². The minimum atomic E-state index is -3.47. The fourth-order valence-electron chi connectivity index (χ4n) is 5.10. The minimum absolute atomic E-state index is 0.0354. The normalized spacial score (nSPS) is 21.3. The smallest absolute Gasteiger partial charge is 0.240 e. The average Bonchev–Trinajstić information content (AvgIpc) is 2.91. The van der Waals surface area contributed by atoms with Gasteiger partial charge in [0.25, 0.3) is 0 Å². The SMILES string of the molecule is O=C(NCCCN1CCN(c2cccc(Cl)c2)CC1)C1CCC(CNS(=O)(=O)c2ccccc2)CC1. The molecule has 1 aliphatic heterocycles. The molecule has 1 amide bonds. The van der Waals surface area contributed by atoms with E-state index in [1.54, 1.807) is 30.3 Å². The van der Waals surface area contributed by atoms with Crippen LogP contribution in [0.2, 0.25) is 5.02 Å². The maximum atomic E-state index is 12.6. The summed E-state index contributed by atoms with van der Waals surface area (Å²) in [7, 11) is -3.47. The Balaban J connectivity index is 1.08. The molecule has 2 N–H and O–H groups in total. The molecule has 1 heterocycles. The Kier molecular flexibility index (Phi) is 9.65. The average molecular weight is 533 g/mol. The second-order valence-corrected chi connectivity index (χ2v) is 12.0. The summed E-state index contributed by atoms with van der Waals surface area (Å²) in [5, 5.41) is 3.89. The van der Waals surface area contributed by atoms with Gasteiger partial charge in [0.05, 0.1) is 4.90 Å². The van der Waals surface area contributed by atoms with Crippen molar-refractivity contribution in [1.29, 1.82) is 0 Å². The van der Waals surface area contributed by atoms with Crippen LogP contribution in [-0.2, 0) is 14.8 Å². The number of nitrogens with zero attached hydrogens (tertiary/aromatic N) is 2. The molecule has 1 saturated carbocycles. The molecule has 0 unspecified atom stereocenters. The van der Waals surface area contributed by atoms with E-state index in [4.69, 9.17) is 11.6 Å². The molecule has 0 atom stereocenters. The second-order valence-electron chi connectivity index (χ2n) is 9.84. The van der Waals surface area contributed by atoms with Crippen molar-refractivity contribution in [2.75, 3.05) is 50.7 Å². The van der Waals surface area contributed by atoms with Crippen LogP contribution in [0.4, 0.5) is 5.69 Å². The lowest BCUT2D eigenvalue weighted by atomic mass is 9.81. The number of piperazine rings is 1. The van der Waals surface area contributed by atoms with Gasteiger partial charge in [-0.05, 0) is 74.9 Å². The maximum Gasteiger partial charge on any atom is 0.240 e. The first-order chi connectivity index (χ1) is 17.4. The Labute approximate surface area is 220 Å². The number of sulfonamides is 1. The second kappa shape index (κ2) is 12.9. The lowest BCUT2D eigenvalue weighted by molar-refractivity contribution is -0.126. The lowest BCUT2D eigenvalue weighted by Gasteiger charge is -2.36. The molecule has 1 aliphatic carbocycles. The van der Waals surface area contributed by atoms with Gasteiger partial charge < -0.3 is 10.2 Å². The molecule has 36 heavy (non-hydrogen) atoms. The summed E-state index contributed by atoms with van der Waals surface area (Å²) < 4.78 is 27.6. The van der Waals surface area contributed by atoms with E-state index in [1.807, 2.05) is 18.2 Å². The number of amides is 1. The van der Waals surface area contributed by atoms with E-state index in [2.05, 4.69) is 25.9 Å². The first-order valence-corrected chi connectivity index (χ1v) is 14.8. The van der Waals surface area contributed by atoms with Gasteiger partial charge in [0.1, 0.15) is 0 Å². The number of benzene rings is 2. The molecule has 4 rings (SSSR count). The number of carbonyl (C=O) groups excluding carboxylic acids is 1. The van der Waals surface area contributed by atoms with Gasteiger partial charge in [-0.25, -0.2) is 13.1 Å². The fraction of sp³-hybridized carbons (Fsp3) is 0.519. The van der Waals surface area contributed by atoms with Crippen molar-refractivity contribution in [1.82, 2.24) is 14.9 Å². The zero-order valence-electron chi connectivity index (χ0n) is 20.7. The molecule has 0 spiro atoms. The van der Waals surface area contributed by atoms with Crippen LogP contribution >= 0.6 is 11.6 Å². The first kappa shape index (κ1) is 26.9. The van der Waals surface area contributed by atoms with Crippen LogP contribution in [-0.4, -0.2) is 65.0 Å². The number of hydrogen-bond donors (Lipinski definition) is 2. The number of halogens is 1. The highest BCUT2D eigenvalue weighted by Gasteiger charge is 2.27. The molecule has 0 radical (unpaired) electrons. The molecule has 2 aliphatic rings. The van der Waals surface area contributed by atoms with Crippen LogP contribution in [0, 0.1) is 11.8 Å². The van der Waals surface area contributed by atoms with Crippen molar-refractivity contribution in [3.8, 4) is 0 Å². The standard InChI is InChI=1S/C27H37ClN4O3S/c28-24-6-4-7-25(20-24)32-18-16-31(17-19-32)15-5-14-29-27(33)23-12-10-22(11-13-23)21-30-36(34,35)26-8-2-1-3-9-26/h1-4,6-9,20,22-23,30H,5,10-19,21H2,(H,29,33). The minimum Gasteiger partial charge on any atom is -0.369 e. The van der Waals surface area contributed by atoms with Gasteiger partial charge in [-0.1, -0.05) is 35.9 Å². The molecular formula is C27H37ClN4O3S. The number of anilines is 1. The van der Waals surface area contributed by atoms with Gasteiger partial charge in [0.2, 0.25) is 15.9 Å². The Hall–Kier alpha value is -2.13. The van der Waals surface area contributed by atoms with Crippen LogP contribution in [0.25, 0.3) is 0 Å². The number of rotatable bonds is 10. The molecule has 0 aromatic heterocycles. The van der Waals surface area contributed by atoms with Crippen molar-refractivity contribution >= 4 is 33.2 Å². The van der Waals surface area contributed by atoms with E-state index < -0.39 is 10.0 Å². The van der Waals surface area contributed by atoms with E-state index in [1.165, 1.54) is 5.69 Å². The Morgan fingerprint density at radius 2 is 1.67 bits per heavy atom. The summed E-state index contributed by atoms with van der Waals surface area (Å²) in [6, 6.07) is 16.5. The van der Waals surface area contributed by atoms with Gasteiger partial charge in [-0.2, -0.15) is 0 Å². The topological polar surface area (TPSA) is 81.8 Å². The molecule has 2 aromatic rings. The van der Waals surface area contributed by atoms with E-state index in [0.717, 1.165) is 69.9 Å². The molecule has 0 bridgehead atoms. The van der Waals surface area contributed by atoms with Gasteiger partial charge in [-0.3, -0.25) is 9.69 Å². The van der Waals surface area contributed by atoms with Gasteiger partial charge in [-0.15, -0.1) is 0 Å². The summed E-state index contributed by atoms with van der Waals surface area (Å²) in [5.74, 6) is 0.454. The highest BCUT2D eigenvalue weighted by Crippen LogP contribution is 2.29. The molecule has 9 heteroatoms. The molecule has 2 aromatic carbocycles. The zero-order valence-corrected chi connectivity index (χ0v) is 22.3. The van der Waals surface area contributed by atoms with Crippen LogP contribution < -0.4 is 14.9 Å². The Morgan fingerprint density at radius 3 is 2.36 bits per heavy atom. The van der Waals surface area contributed by atoms with Crippen LogP contribution in [0.5, 0.6) is 0 Å². The van der Waals surface area contributed by atoms with E-state index in [0.29, 0.717) is 18.0 Å². The van der Waals surface area contributed by atoms with E-state index >= 15 is 0 Å². The highest BCUT2D eigenvalue weighted by atomic mass is 35.5. The predicted molar refractivity (Wildman–Crippen MR) is 145 cm³/mol. The van der Waals surface area contributed by atoms with Gasteiger partial charge in [0.15, 0.2) is 0 Å². The quantitative estimate of drug-likeness (QED) is 0.455. The summed E-state index contributed by atoms with van der Waals surface area (Å²) in [5.41, 5.74) is 1.18. The number of carbonyl (C=O) groups is 1. The van der Waals surface area contributed by atoms with E-state index in [9.17, 15) is 13.2 Å². The molecule has 1 saturated heterocycles. The predicted octanol–water partition coefficient (Wildman–Crippen LogP) is 3.75. The number of nitrogens with one attached hydrogen (secondary N) is 2. The third-order valence-electron chi connectivity index (χ3n) is 7.33. The van der Waals surface area contributed by atoms with Crippen LogP contribution in [0.3, 0.4) is 0 Å². The van der Waals surface area contributed by atoms with Crippen LogP contribution in [0.1, 0.15) is 32.1 Å². The molecular weight excluding hydrogens is 496 g/mol. The van der Waals surface area contributed by atoms with E-state index in [-0.39, 0.29) is 17.7 Å². The lowest BCUT2D eigenvalue weighted by Crippen LogP contribution is -2.47. The van der Waals surface area contributed by atoms with Crippen molar-refractivity contribution in [2.45, 2.75) is 37.0 Å². The fourth-order valence-corrected chi connectivity index (χ4v) is 6.42. The first-order valence-electron chi connectivity index (χ1n) is 13.0. The van der Waals surface area contributed by atoms with Crippen molar-refractivity contribution in [3.05, 3.63) is 59.6 Å². The zero-order chi connectivity index (χ0) is 25.4. The highest BCUT2D eigenvalue weighted by molar-refractivity contribution is 7.89. The van der Waals surface area contributed by atoms with Gasteiger partial charge in [0, 0.05) is 55.9 Å². The summed E-state index contributed by atoms with van der Waals surface area (Å²) in [6.45, 7) is 6.10. The maximum absolute atomic E-state index is 12.6. The monoisotopic (exact) mass is 532 g/mol. The summed E-state index contributed by atoms with van der Waals surface area (Å²) in [6.07, 6.45) is 4.31. The van der Waals surface area contributed by atoms with Crippen LogP contribution in [0.15, 0.2) is 59.5 Å². The summed E-state index contributed by atoms with van der Waals surface area (Å²) in [4.78, 5) is 17.7. The van der Waals surface area contributed by atoms with Crippen molar-refractivity contribution in [3.63, 3.8) is 0 Å². The largest absolute Gasteiger partial charge is 0.369 e. The van der Waals surface area contributed by atoms with Crippen molar-refractivity contribution in [2.24, 2.45) is 11.8 Å².